The molecule has 21 heavy (non-hydrogen) atoms. The predicted molar refractivity (Wildman–Crippen MR) is 87.9 cm³/mol. The number of carbonyl (C=O) groups is 1. The summed E-state index contributed by atoms with van der Waals surface area (Å²) in [6.45, 7) is 6.31. The summed E-state index contributed by atoms with van der Waals surface area (Å²) in [7, 11) is 2.11. The van der Waals surface area contributed by atoms with Gasteiger partial charge in [0.1, 0.15) is 0 Å². The van der Waals surface area contributed by atoms with Crippen molar-refractivity contribution in [2.24, 2.45) is 5.92 Å². The second kappa shape index (κ2) is 8.25. The SMILES string of the molecule is CSC[C@H](C)NC(=O)N(CC1CC1)C[C@H]1CN(C)CCO1. The number of ether oxygens (including phenoxy) is 1. The highest BCUT2D eigenvalue weighted by atomic mass is 32.2. The van der Waals surface area contributed by atoms with Gasteiger partial charge in [0.2, 0.25) is 0 Å². The molecule has 2 fully saturated rings. The number of thioether (sulfide) groups is 1. The van der Waals surface area contributed by atoms with E-state index in [1.165, 1.54) is 12.8 Å². The zero-order chi connectivity index (χ0) is 15.2. The number of rotatable bonds is 7. The largest absolute Gasteiger partial charge is 0.374 e. The highest BCUT2D eigenvalue weighted by Gasteiger charge is 2.30. The number of hydrogen-bond donors (Lipinski definition) is 1. The van der Waals surface area contributed by atoms with Gasteiger partial charge in [0.05, 0.1) is 12.7 Å². The van der Waals surface area contributed by atoms with Crippen molar-refractivity contribution in [3.05, 3.63) is 0 Å². The van der Waals surface area contributed by atoms with Gasteiger partial charge < -0.3 is 19.9 Å². The minimum atomic E-state index is 0.0697. The summed E-state index contributed by atoms with van der Waals surface area (Å²) in [5, 5.41) is 3.11. The first-order valence-corrected chi connectivity index (χ1v) is 9.32. The van der Waals surface area contributed by atoms with Crippen LogP contribution in [-0.4, -0.2) is 79.8 Å². The molecule has 5 nitrogen and oxygen atoms in total. The van der Waals surface area contributed by atoms with Crippen LogP contribution in [0.15, 0.2) is 0 Å². The number of urea groups is 1. The Balaban J connectivity index is 1.85. The smallest absolute Gasteiger partial charge is 0.317 e. The van der Waals surface area contributed by atoms with Gasteiger partial charge in [-0.25, -0.2) is 4.79 Å². The van der Waals surface area contributed by atoms with Gasteiger partial charge in [-0.1, -0.05) is 0 Å². The fourth-order valence-electron chi connectivity index (χ4n) is 2.67. The topological polar surface area (TPSA) is 44.8 Å². The summed E-state index contributed by atoms with van der Waals surface area (Å²) in [5.41, 5.74) is 0. The molecule has 1 aliphatic carbocycles. The van der Waals surface area contributed by atoms with Gasteiger partial charge >= 0.3 is 6.03 Å². The van der Waals surface area contributed by atoms with E-state index in [-0.39, 0.29) is 18.2 Å². The van der Waals surface area contributed by atoms with Crippen LogP contribution in [0.3, 0.4) is 0 Å². The van der Waals surface area contributed by atoms with Gasteiger partial charge in [0.15, 0.2) is 0 Å². The molecule has 1 N–H and O–H groups in total. The first-order valence-electron chi connectivity index (χ1n) is 7.93. The Bertz CT molecular complexity index is 339. The zero-order valence-corrected chi connectivity index (χ0v) is 14.3. The Labute approximate surface area is 132 Å². The zero-order valence-electron chi connectivity index (χ0n) is 13.5. The van der Waals surface area contributed by atoms with Gasteiger partial charge in [-0.15, -0.1) is 0 Å². The van der Waals surface area contributed by atoms with Gasteiger partial charge in [0.25, 0.3) is 0 Å². The van der Waals surface area contributed by atoms with Crippen molar-refractivity contribution in [1.82, 2.24) is 15.1 Å². The first kappa shape index (κ1) is 16.9. The number of morpholine rings is 1. The quantitative estimate of drug-likeness (QED) is 0.773. The van der Waals surface area contributed by atoms with Crippen LogP contribution in [0.1, 0.15) is 19.8 Å². The van der Waals surface area contributed by atoms with Crippen LogP contribution in [-0.2, 0) is 4.74 Å². The van der Waals surface area contributed by atoms with Gasteiger partial charge in [-0.05, 0) is 39.0 Å². The van der Waals surface area contributed by atoms with E-state index in [1.807, 2.05) is 4.90 Å². The molecule has 0 bridgehead atoms. The Morgan fingerprint density at radius 2 is 2.24 bits per heavy atom. The molecular formula is C15H29N3O2S. The number of nitrogens with zero attached hydrogens (tertiary/aromatic N) is 2. The van der Waals surface area contributed by atoms with Crippen LogP contribution in [0.5, 0.6) is 0 Å². The second-order valence-electron chi connectivity index (χ2n) is 6.41. The normalized spacial score (nSPS) is 24.6. The molecule has 2 amide bonds. The average molecular weight is 315 g/mol. The lowest BCUT2D eigenvalue weighted by Gasteiger charge is -2.34. The van der Waals surface area contributed by atoms with Gasteiger partial charge in [-0.3, -0.25) is 0 Å². The molecule has 1 saturated heterocycles. The molecule has 0 unspecified atom stereocenters. The molecule has 2 rings (SSSR count). The third kappa shape index (κ3) is 6.04. The van der Waals surface area contributed by atoms with Gasteiger partial charge in [0, 0.05) is 38.0 Å². The van der Waals surface area contributed by atoms with Crippen LogP contribution < -0.4 is 5.32 Å². The third-order valence-corrected chi connectivity index (χ3v) is 4.85. The first-order chi connectivity index (χ1) is 10.1. The lowest BCUT2D eigenvalue weighted by molar-refractivity contribution is -0.0309. The van der Waals surface area contributed by atoms with Crippen molar-refractivity contribution in [2.45, 2.75) is 31.9 Å². The molecule has 0 aromatic rings. The summed E-state index contributed by atoms with van der Waals surface area (Å²) in [4.78, 5) is 16.7. The fourth-order valence-corrected chi connectivity index (χ4v) is 3.25. The number of hydrogen-bond acceptors (Lipinski definition) is 4. The minimum Gasteiger partial charge on any atom is -0.374 e. The standard InChI is InChI=1S/C15H29N3O2S/c1-12(11-21-3)16-15(19)18(8-13-4-5-13)10-14-9-17(2)6-7-20-14/h12-14H,4-11H2,1-3H3,(H,16,19)/t12-,14+/m0/s1. The average Bonchev–Trinajstić information content (AvgIpc) is 3.22. The molecule has 1 saturated carbocycles. The number of carbonyl (C=O) groups excluding carboxylic acids is 1. The van der Waals surface area contributed by atoms with Crippen molar-refractivity contribution in [2.75, 3.05) is 51.8 Å². The number of amides is 2. The lowest BCUT2D eigenvalue weighted by Crippen LogP contribution is -2.52. The Hall–Kier alpha value is -0.460. The van der Waals surface area contributed by atoms with E-state index in [0.29, 0.717) is 12.5 Å². The molecule has 0 aromatic heterocycles. The van der Waals surface area contributed by atoms with Crippen molar-refractivity contribution in [1.29, 1.82) is 0 Å². The van der Waals surface area contributed by atoms with E-state index >= 15 is 0 Å². The molecule has 122 valence electrons. The molecular weight excluding hydrogens is 286 g/mol. The minimum absolute atomic E-state index is 0.0697. The summed E-state index contributed by atoms with van der Waals surface area (Å²) in [5.74, 6) is 1.65. The summed E-state index contributed by atoms with van der Waals surface area (Å²) in [6, 6.07) is 0.282. The Morgan fingerprint density at radius 3 is 2.86 bits per heavy atom. The van der Waals surface area contributed by atoms with E-state index in [2.05, 4.69) is 30.4 Å². The maximum absolute atomic E-state index is 12.5. The maximum Gasteiger partial charge on any atom is 0.317 e. The van der Waals surface area contributed by atoms with E-state index in [0.717, 1.165) is 32.0 Å². The molecule has 0 spiro atoms. The maximum atomic E-state index is 12.5. The molecule has 2 aliphatic rings. The monoisotopic (exact) mass is 315 g/mol. The molecule has 1 aliphatic heterocycles. The van der Waals surface area contributed by atoms with Crippen molar-refractivity contribution in [3.8, 4) is 0 Å². The van der Waals surface area contributed by atoms with Crippen LogP contribution in [0.4, 0.5) is 4.79 Å². The highest BCUT2D eigenvalue weighted by Crippen LogP contribution is 2.30. The number of nitrogens with one attached hydrogen (secondary N) is 1. The molecule has 0 radical (unpaired) electrons. The van der Waals surface area contributed by atoms with Crippen LogP contribution in [0, 0.1) is 5.92 Å². The van der Waals surface area contributed by atoms with Crippen molar-refractivity contribution >= 4 is 17.8 Å². The third-order valence-electron chi connectivity index (χ3n) is 4.02. The second-order valence-corrected chi connectivity index (χ2v) is 7.32. The van der Waals surface area contributed by atoms with E-state index in [1.54, 1.807) is 11.8 Å². The molecule has 2 atom stereocenters. The predicted octanol–water partition coefficient (Wildman–Crippen LogP) is 1.49. The lowest BCUT2D eigenvalue weighted by atomic mass is 10.2. The summed E-state index contributed by atoms with van der Waals surface area (Å²) >= 11 is 1.76. The fraction of sp³-hybridized carbons (Fsp3) is 0.933. The van der Waals surface area contributed by atoms with E-state index in [4.69, 9.17) is 4.74 Å². The summed E-state index contributed by atoms with van der Waals surface area (Å²) in [6.07, 6.45) is 4.73. The summed E-state index contributed by atoms with van der Waals surface area (Å²) < 4.78 is 5.82. The number of likely N-dealkylation sites (N-methyl/N-ethyl adjacent to an activating group) is 1. The Kier molecular flexibility index (Phi) is 6.64. The van der Waals surface area contributed by atoms with E-state index < -0.39 is 0 Å². The molecule has 0 aromatic carbocycles. The van der Waals surface area contributed by atoms with Gasteiger partial charge in [-0.2, -0.15) is 11.8 Å². The Morgan fingerprint density at radius 1 is 1.48 bits per heavy atom. The van der Waals surface area contributed by atoms with E-state index in [9.17, 15) is 4.79 Å². The van der Waals surface area contributed by atoms with Crippen molar-refractivity contribution in [3.63, 3.8) is 0 Å². The molecule has 6 heteroatoms. The highest BCUT2D eigenvalue weighted by molar-refractivity contribution is 7.98. The molecule has 1 heterocycles. The van der Waals surface area contributed by atoms with Crippen LogP contribution in [0.25, 0.3) is 0 Å². The van der Waals surface area contributed by atoms with Crippen LogP contribution >= 0.6 is 11.8 Å². The van der Waals surface area contributed by atoms with Crippen LogP contribution in [0.2, 0.25) is 0 Å². The van der Waals surface area contributed by atoms with Crippen molar-refractivity contribution < 1.29 is 9.53 Å².